The van der Waals surface area contributed by atoms with Crippen LogP contribution < -0.4 is 29.6 Å². The molecular weight excluding hydrogens is 1020 g/mol. The SMILES string of the molecule is Cc1c(COc2nc(OCCc3cc(C#N)ccn3)c(CNCCCC(=O)O)cc2Br)cccc1-c1cccc(COc2nc(OCCc3cc(C#N)ccn3)c(CNCCCC(=O)O)cc2Br)c1C. The van der Waals surface area contributed by atoms with Crippen molar-refractivity contribution in [3.63, 3.8) is 0 Å². The van der Waals surface area contributed by atoms with E-state index in [1.165, 1.54) is 0 Å². The van der Waals surface area contributed by atoms with E-state index in [2.05, 4.69) is 90.6 Å². The summed E-state index contributed by atoms with van der Waals surface area (Å²) in [5.41, 5.74) is 9.98. The number of pyridine rings is 4. The summed E-state index contributed by atoms with van der Waals surface area (Å²) >= 11 is 7.29. The second-order valence-electron chi connectivity index (χ2n) is 16.1. The van der Waals surface area contributed by atoms with Crippen LogP contribution in [0.5, 0.6) is 23.5 Å². The third-order valence-corrected chi connectivity index (χ3v) is 12.2. The van der Waals surface area contributed by atoms with Gasteiger partial charge < -0.3 is 39.8 Å². The normalized spacial score (nSPS) is 10.8. The zero-order valence-corrected chi connectivity index (χ0v) is 41.9. The van der Waals surface area contributed by atoms with Crippen molar-refractivity contribution in [2.45, 2.75) is 78.7 Å². The number of halogens is 2. The maximum absolute atomic E-state index is 11.0. The number of hydrogen-bond donors (Lipinski definition) is 4. The van der Waals surface area contributed by atoms with E-state index >= 15 is 0 Å². The van der Waals surface area contributed by atoms with Gasteiger partial charge in [-0.15, -0.1) is 0 Å². The van der Waals surface area contributed by atoms with Crippen LogP contribution in [-0.4, -0.2) is 68.4 Å². The molecule has 0 fully saturated rings. The number of carboxylic acids is 2. The van der Waals surface area contributed by atoms with Gasteiger partial charge in [-0.05, 0) is 141 Å². The fourth-order valence-corrected chi connectivity index (χ4v) is 8.26. The van der Waals surface area contributed by atoms with E-state index in [-0.39, 0.29) is 39.3 Å². The van der Waals surface area contributed by atoms with Gasteiger partial charge >= 0.3 is 11.9 Å². The highest BCUT2D eigenvalue weighted by Gasteiger charge is 2.18. The first-order valence-electron chi connectivity index (χ1n) is 22.5. The smallest absolute Gasteiger partial charge is 0.303 e. The molecule has 6 aromatic rings. The molecule has 4 heterocycles. The maximum Gasteiger partial charge on any atom is 0.303 e. The fourth-order valence-electron chi connectivity index (χ4n) is 7.30. The van der Waals surface area contributed by atoms with Crippen LogP contribution in [0.15, 0.2) is 94.1 Å². The Labute approximate surface area is 423 Å². The molecular formula is C52H52Br2N8O8. The quantitative estimate of drug-likeness (QED) is 0.0352. The van der Waals surface area contributed by atoms with Crippen molar-refractivity contribution < 1.29 is 38.7 Å². The zero-order chi connectivity index (χ0) is 49.8. The third-order valence-electron chi connectivity index (χ3n) is 11.1. The first-order valence-corrected chi connectivity index (χ1v) is 24.1. The molecule has 362 valence electrons. The molecule has 0 aliphatic heterocycles. The summed E-state index contributed by atoms with van der Waals surface area (Å²) < 4.78 is 26.4. The van der Waals surface area contributed by atoms with Crippen molar-refractivity contribution in [2.75, 3.05) is 26.3 Å². The molecule has 18 heteroatoms. The van der Waals surface area contributed by atoms with Gasteiger partial charge in [-0.3, -0.25) is 19.6 Å². The molecule has 0 radical (unpaired) electrons. The van der Waals surface area contributed by atoms with Gasteiger partial charge in [0.2, 0.25) is 23.5 Å². The number of nitriles is 2. The third kappa shape index (κ3) is 15.5. The molecule has 0 aliphatic carbocycles. The number of rotatable bonds is 27. The maximum atomic E-state index is 11.0. The molecule has 0 amide bonds. The van der Waals surface area contributed by atoms with Gasteiger partial charge in [0.05, 0.1) is 45.4 Å². The molecule has 0 atom stereocenters. The molecule has 16 nitrogen and oxygen atoms in total. The number of hydrogen-bond acceptors (Lipinski definition) is 14. The van der Waals surface area contributed by atoms with Gasteiger partial charge in [0.1, 0.15) is 13.2 Å². The van der Waals surface area contributed by atoms with Crippen LogP contribution in [0.2, 0.25) is 0 Å². The largest absolute Gasteiger partial charge is 0.481 e. The average molecular weight is 1080 g/mol. The number of nitrogens with zero attached hydrogens (tertiary/aromatic N) is 6. The lowest BCUT2D eigenvalue weighted by atomic mass is 9.92. The Morgan fingerprint density at radius 3 is 1.43 bits per heavy atom. The minimum atomic E-state index is -0.849. The Balaban J connectivity index is 1.15. The molecule has 0 saturated carbocycles. The Hall–Kier alpha value is -6.96. The highest BCUT2D eigenvalue weighted by molar-refractivity contribution is 9.10. The number of aliphatic carboxylic acids is 2. The van der Waals surface area contributed by atoms with Gasteiger partial charge in [0.25, 0.3) is 0 Å². The molecule has 0 aliphatic rings. The molecule has 6 rings (SSSR count). The molecule has 0 spiro atoms. The van der Waals surface area contributed by atoms with Crippen LogP contribution in [0.1, 0.15) is 81.6 Å². The summed E-state index contributed by atoms with van der Waals surface area (Å²) in [5.74, 6) is -0.298. The minimum Gasteiger partial charge on any atom is -0.481 e. The number of carboxylic acid groups (broad SMARTS) is 2. The molecule has 0 saturated heterocycles. The van der Waals surface area contributed by atoms with Crippen molar-refractivity contribution in [2.24, 2.45) is 0 Å². The highest BCUT2D eigenvalue weighted by Crippen LogP contribution is 2.35. The first kappa shape index (κ1) is 52.4. The Morgan fingerprint density at radius 1 is 0.600 bits per heavy atom. The molecule has 4 aromatic heterocycles. The molecule has 2 aromatic carbocycles. The first-order chi connectivity index (χ1) is 33.9. The lowest BCUT2D eigenvalue weighted by molar-refractivity contribution is -0.138. The standard InChI is InChI=1S/C52H52Br2N8O8/c1-33-37(31-69-51-45(53)25-39(29-57-17-5-11-47(63)64)49(61-51)67-21-15-41-23-35(27-55)13-19-59-41)7-3-9-43(33)44-10-4-8-38(34(44)2)32-70-52-46(54)26-40(30-58-18-6-12-48(65)66)50(62-52)68-22-16-42-24-36(28-56)14-20-60-42/h3-4,7-10,13-14,19-20,23-26,57-58H,5-6,11-12,15-18,21-22,29-32H2,1-2H3,(H,63,64)(H,65,66). The number of ether oxygens (including phenoxy) is 4. The molecule has 4 N–H and O–H groups in total. The lowest BCUT2D eigenvalue weighted by Gasteiger charge is -2.18. The van der Waals surface area contributed by atoms with Crippen molar-refractivity contribution >= 4 is 43.8 Å². The highest BCUT2D eigenvalue weighted by atomic mass is 79.9. The lowest BCUT2D eigenvalue weighted by Crippen LogP contribution is -2.17. The summed E-state index contributed by atoms with van der Waals surface area (Å²) in [6.45, 7) is 6.81. The molecule has 0 unspecified atom stereocenters. The second kappa shape index (κ2) is 26.7. The van der Waals surface area contributed by atoms with E-state index in [1.54, 1.807) is 36.7 Å². The van der Waals surface area contributed by atoms with E-state index in [0.717, 1.165) is 44.5 Å². The number of benzene rings is 2. The Morgan fingerprint density at radius 2 is 1.03 bits per heavy atom. The van der Waals surface area contributed by atoms with Crippen molar-refractivity contribution in [1.82, 2.24) is 30.6 Å². The van der Waals surface area contributed by atoms with E-state index in [4.69, 9.17) is 39.1 Å². The number of aromatic nitrogens is 4. The number of nitrogens with one attached hydrogen (secondary N) is 2. The van der Waals surface area contributed by atoms with E-state index in [1.807, 2.05) is 36.4 Å². The zero-order valence-electron chi connectivity index (χ0n) is 38.8. The fraction of sp³-hybridized carbons (Fsp3) is 0.308. The van der Waals surface area contributed by atoms with Crippen LogP contribution in [0.25, 0.3) is 11.1 Å². The van der Waals surface area contributed by atoms with E-state index in [0.29, 0.717) is 107 Å². The minimum absolute atomic E-state index is 0.0613. The summed E-state index contributed by atoms with van der Waals surface area (Å²) in [6.07, 6.45) is 5.16. The van der Waals surface area contributed by atoms with Crippen LogP contribution >= 0.6 is 31.9 Å². The summed E-state index contributed by atoms with van der Waals surface area (Å²) in [7, 11) is 0. The van der Waals surface area contributed by atoms with Gasteiger partial charge in [-0.2, -0.15) is 20.5 Å². The van der Waals surface area contributed by atoms with Gasteiger partial charge in [-0.1, -0.05) is 36.4 Å². The van der Waals surface area contributed by atoms with Crippen molar-refractivity contribution in [1.29, 1.82) is 10.5 Å². The topological polar surface area (TPSA) is 235 Å². The van der Waals surface area contributed by atoms with Gasteiger partial charge in [0.15, 0.2) is 0 Å². The van der Waals surface area contributed by atoms with Crippen LogP contribution in [0.4, 0.5) is 0 Å². The predicted octanol–water partition coefficient (Wildman–Crippen LogP) is 9.13. The molecule has 70 heavy (non-hydrogen) atoms. The Bertz CT molecular complexity index is 2680. The van der Waals surface area contributed by atoms with Crippen molar-refractivity contribution in [3.05, 3.63) is 150 Å². The number of carbonyl (C=O) groups is 2. The summed E-state index contributed by atoms with van der Waals surface area (Å²) in [6, 6.07) is 27.0. The van der Waals surface area contributed by atoms with E-state index in [9.17, 15) is 20.1 Å². The predicted molar refractivity (Wildman–Crippen MR) is 267 cm³/mol. The van der Waals surface area contributed by atoms with Crippen LogP contribution in [-0.2, 0) is 48.7 Å². The van der Waals surface area contributed by atoms with E-state index < -0.39 is 11.9 Å². The average Bonchev–Trinajstić information content (AvgIpc) is 3.35. The van der Waals surface area contributed by atoms with Crippen LogP contribution in [0.3, 0.4) is 0 Å². The molecule has 0 bridgehead atoms. The van der Waals surface area contributed by atoms with Gasteiger partial charge in [0, 0.05) is 73.7 Å². The summed E-state index contributed by atoms with van der Waals surface area (Å²) in [4.78, 5) is 40.3. The Kier molecular flexibility index (Phi) is 20.0. The van der Waals surface area contributed by atoms with Crippen molar-refractivity contribution in [3.8, 4) is 46.8 Å². The van der Waals surface area contributed by atoms with Crippen LogP contribution in [0, 0.1) is 36.5 Å². The summed E-state index contributed by atoms with van der Waals surface area (Å²) in [5, 5.41) is 43.3. The second-order valence-corrected chi connectivity index (χ2v) is 17.8. The monoisotopic (exact) mass is 1070 g/mol. The van der Waals surface area contributed by atoms with Gasteiger partial charge in [-0.25, -0.2) is 0 Å².